The molecule has 4 aromatic rings. The molecule has 1 unspecified atom stereocenters. The molecule has 0 aliphatic carbocycles. The van der Waals surface area contributed by atoms with Crippen LogP contribution in [0, 0.1) is 12.7 Å². The smallest absolute Gasteiger partial charge is 0.258 e. The van der Waals surface area contributed by atoms with Crippen molar-refractivity contribution in [1.82, 2.24) is 14.8 Å². The lowest BCUT2D eigenvalue weighted by Gasteiger charge is -2.47. The van der Waals surface area contributed by atoms with Gasteiger partial charge in [-0.3, -0.25) is 14.6 Å². The Morgan fingerprint density at radius 3 is 2.48 bits per heavy atom. The molecule has 1 aliphatic rings. The Morgan fingerprint density at radius 1 is 1.05 bits per heavy atom. The molecule has 1 saturated heterocycles. The van der Waals surface area contributed by atoms with E-state index in [1.807, 2.05) is 37.3 Å². The maximum absolute atomic E-state index is 13.8. The number of nitrogens with zero attached hydrogens (tertiary/aromatic N) is 4. The number of piperazine rings is 1. The fraction of sp³-hybridized carbons (Fsp3) is 0.312. The first-order chi connectivity index (χ1) is 19.2. The minimum Gasteiger partial charge on any atom is -0.508 e. The van der Waals surface area contributed by atoms with Crippen molar-refractivity contribution in [3.63, 3.8) is 0 Å². The third kappa shape index (κ3) is 6.09. The Kier molecular flexibility index (Phi) is 8.30. The first kappa shape index (κ1) is 28.0. The van der Waals surface area contributed by atoms with E-state index < -0.39 is 0 Å². The van der Waals surface area contributed by atoms with Gasteiger partial charge in [0.1, 0.15) is 11.6 Å². The van der Waals surface area contributed by atoms with E-state index in [2.05, 4.69) is 34.0 Å². The third-order valence-electron chi connectivity index (χ3n) is 7.66. The van der Waals surface area contributed by atoms with E-state index >= 15 is 0 Å². The number of thiazole rings is 1. The number of aromatic nitrogens is 1. The molecule has 6 nitrogen and oxygen atoms in total. The van der Waals surface area contributed by atoms with E-state index in [9.17, 15) is 14.3 Å². The number of anilines is 1. The number of amides is 1. The van der Waals surface area contributed by atoms with Gasteiger partial charge in [0, 0.05) is 55.4 Å². The molecule has 1 amide bonds. The van der Waals surface area contributed by atoms with Gasteiger partial charge in [-0.05, 0) is 74.4 Å². The van der Waals surface area contributed by atoms with Crippen molar-refractivity contribution in [2.75, 3.05) is 25.0 Å². The summed E-state index contributed by atoms with van der Waals surface area (Å²) >= 11 is 1.68. The quantitative estimate of drug-likeness (QED) is 0.290. The van der Waals surface area contributed by atoms with Gasteiger partial charge in [0.2, 0.25) is 0 Å². The zero-order chi connectivity index (χ0) is 28.4. The van der Waals surface area contributed by atoms with Crippen molar-refractivity contribution < 1.29 is 14.3 Å². The molecule has 208 valence electrons. The first-order valence-electron chi connectivity index (χ1n) is 13.5. The Balaban J connectivity index is 1.45. The van der Waals surface area contributed by atoms with Gasteiger partial charge in [0.25, 0.3) is 5.91 Å². The molecule has 0 spiro atoms. The van der Waals surface area contributed by atoms with Gasteiger partial charge in [0.05, 0.1) is 16.7 Å². The summed E-state index contributed by atoms with van der Waals surface area (Å²) in [5, 5.41) is 13.6. The number of benzene rings is 3. The van der Waals surface area contributed by atoms with Crippen molar-refractivity contribution in [2.24, 2.45) is 0 Å². The highest BCUT2D eigenvalue weighted by atomic mass is 32.1. The van der Waals surface area contributed by atoms with Crippen LogP contribution in [-0.4, -0.2) is 58.0 Å². The van der Waals surface area contributed by atoms with Crippen molar-refractivity contribution in [2.45, 2.75) is 45.4 Å². The van der Waals surface area contributed by atoms with Crippen molar-refractivity contribution in [1.29, 1.82) is 0 Å². The number of rotatable bonds is 7. The molecule has 5 rings (SSSR count). The number of aromatic hydroxyl groups is 1. The lowest BCUT2D eigenvalue weighted by Crippen LogP contribution is -2.56. The molecule has 1 aliphatic heterocycles. The van der Waals surface area contributed by atoms with Crippen LogP contribution in [-0.2, 0) is 6.54 Å². The van der Waals surface area contributed by atoms with Crippen LogP contribution in [0.15, 0.2) is 78.2 Å². The second kappa shape index (κ2) is 11.9. The predicted molar refractivity (Wildman–Crippen MR) is 158 cm³/mol. The van der Waals surface area contributed by atoms with E-state index in [1.165, 1.54) is 17.0 Å². The Bertz CT molecular complexity index is 1490. The summed E-state index contributed by atoms with van der Waals surface area (Å²) in [4.78, 5) is 24.5. The molecule has 40 heavy (non-hydrogen) atoms. The summed E-state index contributed by atoms with van der Waals surface area (Å²) < 4.78 is 13.8. The Labute approximate surface area is 239 Å². The molecule has 1 aromatic heterocycles. The number of hydrogen-bond acceptors (Lipinski definition) is 6. The predicted octanol–water partition coefficient (Wildman–Crippen LogP) is 6.26. The lowest BCUT2D eigenvalue weighted by molar-refractivity contribution is 0.0189. The maximum atomic E-state index is 13.8. The number of aryl methyl sites for hydroxylation is 1. The lowest BCUT2D eigenvalue weighted by atomic mass is 9.92. The maximum Gasteiger partial charge on any atom is 0.258 e. The second-order valence-electron chi connectivity index (χ2n) is 10.6. The summed E-state index contributed by atoms with van der Waals surface area (Å²) in [6.07, 6.45) is 0. The molecule has 1 N–H and O–H groups in total. The fourth-order valence-corrected chi connectivity index (χ4v) is 6.21. The van der Waals surface area contributed by atoms with E-state index in [-0.39, 0.29) is 35.6 Å². The molecule has 0 radical (unpaired) electrons. The number of halogens is 1. The average molecular weight is 559 g/mol. The fourth-order valence-electron chi connectivity index (χ4n) is 5.60. The summed E-state index contributed by atoms with van der Waals surface area (Å²) in [5.74, 6) is -0.396. The third-order valence-corrected chi connectivity index (χ3v) is 8.48. The van der Waals surface area contributed by atoms with Crippen molar-refractivity contribution in [3.05, 3.63) is 111 Å². The van der Waals surface area contributed by atoms with Gasteiger partial charge < -0.3 is 10.0 Å². The molecule has 0 bridgehead atoms. The molecule has 3 aromatic carbocycles. The normalized spacial score (nSPS) is 18.9. The SMILES string of the molecule is Cc1nc(CN2C[C@H](C)N(C(c3cccc(O)c3)c3cccc(C(=O)N(C)c4cccc(F)c4)c3)C[C@H]2C)cs1. The summed E-state index contributed by atoms with van der Waals surface area (Å²) in [7, 11) is 1.66. The summed E-state index contributed by atoms with van der Waals surface area (Å²) in [6.45, 7) is 9.00. The second-order valence-corrected chi connectivity index (χ2v) is 11.7. The Hall–Kier alpha value is -3.59. The van der Waals surface area contributed by atoms with Crippen LogP contribution in [0.4, 0.5) is 10.1 Å². The average Bonchev–Trinajstić information content (AvgIpc) is 3.35. The van der Waals surface area contributed by atoms with E-state index in [0.29, 0.717) is 11.3 Å². The zero-order valence-electron chi connectivity index (χ0n) is 23.3. The molecule has 3 atom stereocenters. The van der Waals surface area contributed by atoms with Crippen LogP contribution < -0.4 is 4.90 Å². The van der Waals surface area contributed by atoms with E-state index in [1.54, 1.807) is 48.7 Å². The van der Waals surface area contributed by atoms with Crippen LogP contribution in [0.1, 0.15) is 52.1 Å². The topological polar surface area (TPSA) is 59.9 Å². The van der Waals surface area contributed by atoms with Gasteiger partial charge in [-0.2, -0.15) is 0 Å². The molecular weight excluding hydrogens is 523 g/mol. The zero-order valence-corrected chi connectivity index (χ0v) is 24.1. The van der Waals surface area contributed by atoms with Crippen LogP contribution >= 0.6 is 11.3 Å². The molecule has 1 fully saturated rings. The highest BCUT2D eigenvalue weighted by molar-refractivity contribution is 7.09. The van der Waals surface area contributed by atoms with E-state index in [0.717, 1.165) is 41.5 Å². The number of carbonyl (C=O) groups is 1. The van der Waals surface area contributed by atoms with Crippen molar-refractivity contribution >= 4 is 22.9 Å². The van der Waals surface area contributed by atoms with Crippen LogP contribution in [0.25, 0.3) is 0 Å². The van der Waals surface area contributed by atoms with Gasteiger partial charge in [-0.15, -0.1) is 11.3 Å². The van der Waals surface area contributed by atoms with Crippen LogP contribution in [0.2, 0.25) is 0 Å². The standard InChI is InChI=1S/C32H35FN4O2S/c1-21-18-37(22(2)17-36(21)19-28-20-40-23(3)34-28)31(25-9-6-13-30(38)15-25)24-8-5-10-26(14-24)32(39)35(4)29-12-7-11-27(33)16-29/h5-16,20-22,31,38H,17-19H2,1-4H3/t21-,22+,31?/m1/s1. The number of carbonyl (C=O) groups excluding carboxylic acids is 1. The van der Waals surface area contributed by atoms with Gasteiger partial charge in [0.15, 0.2) is 0 Å². The largest absolute Gasteiger partial charge is 0.508 e. The number of phenolic OH excluding ortho intramolecular Hbond substituents is 1. The molecule has 2 heterocycles. The molecule has 8 heteroatoms. The monoisotopic (exact) mass is 558 g/mol. The van der Waals surface area contributed by atoms with Crippen LogP contribution in [0.5, 0.6) is 5.75 Å². The summed E-state index contributed by atoms with van der Waals surface area (Å²) in [6, 6.07) is 21.4. The first-order valence-corrected chi connectivity index (χ1v) is 14.4. The van der Waals surface area contributed by atoms with Gasteiger partial charge in [-0.1, -0.05) is 30.3 Å². The van der Waals surface area contributed by atoms with Gasteiger partial charge in [-0.25, -0.2) is 9.37 Å². The summed E-state index contributed by atoms with van der Waals surface area (Å²) in [5.41, 5.74) is 4.05. The highest BCUT2D eigenvalue weighted by Gasteiger charge is 2.35. The number of hydrogen-bond donors (Lipinski definition) is 1. The molecule has 0 saturated carbocycles. The van der Waals surface area contributed by atoms with E-state index in [4.69, 9.17) is 0 Å². The minimum atomic E-state index is -0.387. The van der Waals surface area contributed by atoms with Gasteiger partial charge >= 0.3 is 0 Å². The number of phenols is 1. The van der Waals surface area contributed by atoms with Crippen molar-refractivity contribution in [3.8, 4) is 5.75 Å². The van der Waals surface area contributed by atoms with Crippen LogP contribution in [0.3, 0.4) is 0 Å². The minimum absolute atomic E-state index is 0.166. The molecular formula is C32H35FN4O2S. The Morgan fingerprint density at radius 2 is 1.77 bits per heavy atom. The highest BCUT2D eigenvalue weighted by Crippen LogP contribution is 2.35.